The number of nitrogens with zero attached hydrogens (tertiary/aromatic N) is 2. The number of rotatable bonds is 2. The minimum absolute atomic E-state index is 0.0716. The molecule has 0 amide bonds. The van der Waals surface area contributed by atoms with E-state index in [4.69, 9.17) is 28.3 Å². The molecule has 4 nitrogen and oxygen atoms in total. The maximum atomic E-state index is 12.1. The van der Waals surface area contributed by atoms with Gasteiger partial charge in [-0.15, -0.1) is 0 Å². The van der Waals surface area contributed by atoms with Gasteiger partial charge in [0.25, 0.3) is 0 Å². The van der Waals surface area contributed by atoms with Crippen molar-refractivity contribution < 1.29 is 23.1 Å². The fourth-order valence-corrected chi connectivity index (χ4v) is 2.05. The molecule has 2 heterocycles. The summed E-state index contributed by atoms with van der Waals surface area (Å²) in [6, 6.07) is 5.57. The van der Waals surface area contributed by atoms with Gasteiger partial charge in [0, 0.05) is 22.5 Å². The van der Waals surface area contributed by atoms with Gasteiger partial charge in [-0.3, -0.25) is 4.79 Å². The summed E-state index contributed by atoms with van der Waals surface area (Å²) in [7, 11) is 0. The number of aromatic nitrogens is 2. The smallest absolute Gasteiger partial charge is 0.379 e. The predicted molar refractivity (Wildman–Crippen MR) is 84.4 cm³/mol. The molecule has 0 aliphatic heterocycles. The minimum Gasteiger partial charge on any atom is -0.379 e. The molecule has 24 heavy (non-hydrogen) atoms. The highest BCUT2D eigenvalue weighted by atomic mass is 35.5. The Bertz CT molecular complexity index is 724. The van der Waals surface area contributed by atoms with Crippen LogP contribution in [0.25, 0.3) is 0 Å². The van der Waals surface area contributed by atoms with Crippen LogP contribution >= 0.6 is 23.2 Å². The van der Waals surface area contributed by atoms with E-state index in [-0.39, 0.29) is 16.4 Å². The van der Waals surface area contributed by atoms with Crippen molar-refractivity contribution in [2.75, 3.05) is 0 Å². The molecule has 9 heteroatoms. The Morgan fingerprint density at radius 3 is 1.96 bits per heavy atom. The average Bonchev–Trinajstić information content (AvgIpc) is 2.46. The van der Waals surface area contributed by atoms with E-state index in [0.717, 1.165) is 12.4 Å². The fourth-order valence-electron chi connectivity index (χ4n) is 1.67. The fraction of sp³-hybridized carbons (Fsp3) is 0.267. The molecule has 2 aromatic heterocycles. The van der Waals surface area contributed by atoms with Crippen LogP contribution in [0.3, 0.4) is 0 Å². The molecule has 0 fully saturated rings. The zero-order valence-electron chi connectivity index (χ0n) is 12.6. The predicted octanol–water partition coefficient (Wildman–Crippen LogP) is 4.50. The highest BCUT2D eigenvalue weighted by molar-refractivity contribution is 6.29. The Kier molecular flexibility index (Phi) is 7.13. The zero-order valence-corrected chi connectivity index (χ0v) is 14.1. The molecule has 0 saturated carbocycles. The molecular formula is C15H13Cl2F3N2O2. The first-order valence-electron chi connectivity index (χ1n) is 6.52. The number of carbonyl (C=O) groups is 1. The molecule has 0 spiro atoms. The number of halogens is 5. The Labute approximate surface area is 146 Å². The second-order valence-corrected chi connectivity index (χ2v) is 5.45. The molecular weight excluding hydrogens is 368 g/mol. The standard InChI is InChI=1S/C8H7ClF3NO.C7H6ClNO/c1-4-5(2-3-6(9)13-4)7(14)8(10,11)12;1-5-6(4-10)2-3-7(8)9-5/h2-3,7,14H,1H3;2-4H,1H3. The largest absolute Gasteiger partial charge is 0.418 e. The topological polar surface area (TPSA) is 63.1 Å². The third kappa shape index (κ3) is 5.74. The van der Waals surface area contributed by atoms with Crippen LogP contribution in [0.5, 0.6) is 0 Å². The van der Waals surface area contributed by atoms with Gasteiger partial charge in [-0.2, -0.15) is 13.2 Å². The number of aliphatic hydroxyl groups is 1. The van der Waals surface area contributed by atoms with Crippen LogP contribution in [0.4, 0.5) is 13.2 Å². The van der Waals surface area contributed by atoms with Gasteiger partial charge >= 0.3 is 6.18 Å². The molecule has 2 rings (SSSR count). The normalized spacial score (nSPS) is 12.2. The van der Waals surface area contributed by atoms with Gasteiger partial charge in [0.1, 0.15) is 10.3 Å². The summed E-state index contributed by atoms with van der Waals surface area (Å²) in [5.74, 6) is 0. The SMILES string of the molecule is Cc1nc(Cl)ccc1C(O)C(F)(F)F.Cc1nc(Cl)ccc1C=O. The van der Waals surface area contributed by atoms with E-state index >= 15 is 0 Å². The molecule has 0 aliphatic carbocycles. The van der Waals surface area contributed by atoms with Crippen molar-refractivity contribution in [2.45, 2.75) is 26.1 Å². The van der Waals surface area contributed by atoms with Crippen molar-refractivity contribution in [1.82, 2.24) is 9.97 Å². The van der Waals surface area contributed by atoms with E-state index in [1.807, 2.05) is 0 Å². The maximum Gasteiger partial charge on any atom is 0.418 e. The minimum atomic E-state index is -4.68. The maximum absolute atomic E-state index is 12.1. The van der Waals surface area contributed by atoms with Crippen LogP contribution in [-0.2, 0) is 0 Å². The molecule has 0 saturated heterocycles. The molecule has 1 atom stereocenters. The lowest BCUT2D eigenvalue weighted by Gasteiger charge is -2.16. The van der Waals surface area contributed by atoms with Gasteiger partial charge in [-0.05, 0) is 32.0 Å². The van der Waals surface area contributed by atoms with E-state index in [1.54, 1.807) is 19.1 Å². The highest BCUT2D eigenvalue weighted by Gasteiger charge is 2.40. The van der Waals surface area contributed by atoms with E-state index in [0.29, 0.717) is 16.4 Å². The first kappa shape index (κ1) is 20.3. The van der Waals surface area contributed by atoms with Crippen LogP contribution in [0.1, 0.15) is 33.4 Å². The van der Waals surface area contributed by atoms with Crippen molar-refractivity contribution in [2.24, 2.45) is 0 Å². The third-order valence-corrected chi connectivity index (χ3v) is 3.34. The lowest BCUT2D eigenvalue weighted by molar-refractivity contribution is -0.207. The number of carbonyl (C=O) groups excluding carboxylic acids is 1. The first-order chi connectivity index (χ1) is 11.1. The van der Waals surface area contributed by atoms with Gasteiger partial charge in [0.05, 0.1) is 0 Å². The van der Waals surface area contributed by atoms with E-state index in [9.17, 15) is 18.0 Å². The average molecular weight is 381 g/mol. The number of aldehydes is 1. The molecule has 1 N–H and O–H groups in total. The summed E-state index contributed by atoms with van der Waals surface area (Å²) in [5, 5.41) is 9.44. The molecule has 0 aromatic carbocycles. The summed E-state index contributed by atoms with van der Waals surface area (Å²) >= 11 is 11.0. The quantitative estimate of drug-likeness (QED) is 0.615. The molecule has 0 radical (unpaired) electrons. The van der Waals surface area contributed by atoms with Crippen LogP contribution in [0.2, 0.25) is 10.3 Å². The number of hydrogen-bond donors (Lipinski definition) is 1. The summed E-state index contributed by atoms with van der Waals surface area (Å²) < 4.78 is 36.3. The number of aryl methyl sites for hydroxylation is 2. The summed E-state index contributed by atoms with van der Waals surface area (Å²) in [6.07, 6.45) is -6.42. The number of hydrogen-bond acceptors (Lipinski definition) is 4. The van der Waals surface area contributed by atoms with E-state index in [2.05, 4.69) is 9.97 Å². The van der Waals surface area contributed by atoms with Crippen molar-refractivity contribution >= 4 is 29.5 Å². The zero-order chi connectivity index (χ0) is 18.5. The van der Waals surface area contributed by atoms with Gasteiger partial charge in [0.15, 0.2) is 12.4 Å². The van der Waals surface area contributed by atoms with E-state index in [1.165, 1.54) is 13.0 Å². The lowest BCUT2D eigenvalue weighted by atomic mass is 10.1. The monoisotopic (exact) mass is 380 g/mol. The van der Waals surface area contributed by atoms with E-state index < -0.39 is 12.3 Å². The molecule has 0 bridgehead atoms. The lowest BCUT2D eigenvalue weighted by Crippen LogP contribution is -2.21. The van der Waals surface area contributed by atoms with Crippen molar-refractivity contribution in [1.29, 1.82) is 0 Å². The second-order valence-electron chi connectivity index (χ2n) is 4.68. The molecule has 130 valence electrons. The summed E-state index contributed by atoms with van der Waals surface area (Å²) in [6.45, 7) is 3.10. The van der Waals surface area contributed by atoms with Crippen molar-refractivity contribution in [3.63, 3.8) is 0 Å². The third-order valence-electron chi connectivity index (χ3n) is 2.92. The highest BCUT2D eigenvalue weighted by Crippen LogP contribution is 2.33. The Morgan fingerprint density at radius 2 is 1.54 bits per heavy atom. The van der Waals surface area contributed by atoms with Gasteiger partial charge in [-0.1, -0.05) is 29.3 Å². The second kappa shape index (κ2) is 8.41. The number of pyridine rings is 2. The van der Waals surface area contributed by atoms with Crippen molar-refractivity contribution in [3.8, 4) is 0 Å². The summed E-state index contributed by atoms with van der Waals surface area (Å²) in [4.78, 5) is 17.7. The van der Waals surface area contributed by atoms with Crippen LogP contribution in [-0.4, -0.2) is 27.5 Å². The molecule has 2 aromatic rings. The van der Waals surface area contributed by atoms with Crippen molar-refractivity contribution in [3.05, 3.63) is 57.1 Å². The number of alkyl halides is 3. The molecule has 1 unspecified atom stereocenters. The summed E-state index contributed by atoms with van der Waals surface area (Å²) in [5.41, 5.74) is 1.05. The Morgan fingerprint density at radius 1 is 1.04 bits per heavy atom. The van der Waals surface area contributed by atoms with Crippen LogP contribution in [0.15, 0.2) is 24.3 Å². The molecule has 0 aliphatic rings. The Balaban J connectivity index is 0.000000254. The Hall–Kier alpha value is -1.70. The van der Waals surface area contributed by atoms with Crippen LogP contribution in [0, 0.1) is 13.8 Å². The van der Waals surface area contributed by atoms with Crippen LogP contribution < -0.4 is 0 Å². The first-order valence-corrected chi connectivity index (χ1v) is 7.28. The van der Waals surface area contributed by atoms with Gasteiger partial charge in [0.2, 0.25) is 0 Å². The van der Waals surface area contributed by atoms with Gasteiger partial charge in [-0.25, -0.2) is 9.97 Å². The number of aliphatic hydroxyl groups excluding tert-OH is 1. The van der Waals surface area contributed by atoms with Gasteiger partial charge < -0.3 is 5.11 Å².